The lowest BCUT2D eigenvalue weighted by molar-refractivity contribution is -0.131. The van der Waals surface area contributed by atoms with Gasteiger partial charge < -0.3 is 15.0 Å². The summed E-state index contributed by atoms with van der Waals surface area (Å²) in [6.45, 7) is 6.93. The highest BCUT2D eigenvalue weighted by Crippen LogP contribution is 2.28. The van der Waals surface area contributed by atoms with Gasteiger partial charge in [0.2, 0.25) is 5.91 Å². The normalized spacial score (nSPS) is 14.2. The van der Waals surface area contributed by atoms with Gasteiger partial charge >= 0.3 is 0 Å². The standard InChI is InChI=1S/C23H35BN2O2/c1-5-22(2,3)15-11-7-6-8-14-21(27)26(4)17-23(24,28)19-16-25-20-13-10-9-12-18(19)20/h9-10,12-13,16,25,28H,5-8,11,14-15,17H2,1-4H3. The number of carbonyl (C=O) groups is 1. The number of carbonyl (C=O) groups excluding carboxylic acids is 1. The first-order valence-corrected chi connectivity index (χ1v) is 10.5. The molecule has 2 aromatic rings. The smallest absolute Gasteiger partial charge is 0.222 e. The van der Waals surface area contributed by atoms with Crippen LogP contribution in [0.25, 0.3) is 10.9 Å². The SMILES string of the molecule is [B]C(O)(CN(C)C(=O)CCCCCCC(C)(C)CC)c1c[nH]c2ccccc12. The Morgan fingerprint density at radius 3 is 2.57 bits per heavy atom. The zero-order valence-electron chi connectivity index (χ0n) is 17.9. The van der Waals surface area contributed by atoms with Crippen LogP contribution in [0.1, 0.15) is 71.3 Å². The molecule has 0 fully saturated rings. The molecule has 1 heterocycles. The lowest BCUT2D eigenvalue weighted by Crippen LogP contribution is -2.42. The van der Waals surface area contributed by atoms with E-state index in [9.17, 15) is 9.90 Å². The first-order valence-electron chi connectivity index (χ1n) is 10.5. The number of unbranched alkanes of at least 4 members (excludes halogenated alkanes) is 3. The third-order valence-electron chi connectivity index (χ3n) is 5.91. The number of nitrogens with one attached hydrogen (secondary N) is 1. The number of nitrogens with zero attached hydrogens (tertiary/aromatic N) is 1. The van der Waals surface area contributed by atoms with Crippen molar-refractivity contribution >= 4 is 24.7 Å². The van der Waals surface area contributed by atoms with Gasteiger partial charge in [0.25, 0.3) is 0 Å². The van der Waals surface area contributed by atoms with Gasteiger partial charge in [0.1, 0.15) is 7.85 Å². The summed E-state index contributed by atoms with van der Waals surface area (Å²) in [5.41, 5.74) is 0.364. The number of aromatic nitrogens is 1. The van der Waals surface area contributed by atoms with Crippen molar-refractivity contribution in [1.82, 2.24) is 9.88 Å². The van der Waals surface area contributed by atoms with E-state index in [0.717, 1.165) is 30.2 Å². The van der Waals surface area contributed by atoms with Crippen molar-refractivity contribution in [2.45, 2.75) is 71.2 Å². The number of benzene rings is 1. The van der Waals surface area contributed by atoms with Crippen LogP contribution in [-0.2, 0) is 10.3 Å². The number of aliphatic hydroxyl groups is 1. The summed E-state index contributed by atoms with van der Waals surface area (Å²) in [5.74, 6) is 0.0256. The lowest BCUT2D eigenvalue weighted by atomic mass is 9.75. The summed E-state index contributed by atoms with van der Waals surface area (Å²) in [7, 11) is 7.88. The van der Waals surface area contributed by atoms with Gasteiger partial charge in [0.15, 0.2) is 0 Å². The number of amides is 1. The van der Waals surface area contributed by atoms with Crippen molar-refractivity contribution in [3.8, 4) is 0 Å². The van der Waals surface area contributed by atoms with Crippen molar-refractivity contribution in [1.29, 1.82) is 0 Å². The van der Waals surface area contributed by atoms with E-state index in [1.807, 2.05) is 24.3 Å². The molecule has 2 radical (unpaired) electrons. The number of likely N-dealkylation sites (N-methyl/N-ethyl adjacent to an activating group) is 1. The number of hydrogen-bond donors (Lipinski definition) is 2. The highest BCUT2D eigenvalue weighted by atomic mass is 16.3. The van der Waals surface area contributed by atoms with E-state index < -0.39 is 5.50 Å². The first kappa shape index (κ1) is 22.5. The van der Waals surface area contributed by atoms with Crippen LogP contribution in [-0.4, -0.2) is 42.3 Å². The lowest BCUT2D eigenvalue weighted by Gasteiger charge is -2.30. The van der Waals surface area contributed by atoms with Gasteiger partial charge in [0, 0.05) is 42.7 Å². The van der Waals surface area contributed by atoms with E-state index in [4.69, 9.17) is 7.85 Å². The molecule has 152 valence electrons. The molecule has 0 aliphatic rings. The van der Waals surface area contributed by atoms with E-state index in [-0.39, 0.29) is 12.5 Å². The molecule has 5 heteroatoms. The molecule has 0 aliphatic carbocycles. The van der Waals surface area contributed by atoms with Crippen LogP contribution in [0.5, 0.6) is 0 Å². The van der Waals surface area contributed by atoms with Gasteiger partial charge in [-0.15, -0.1) is 0 Å². The molecule has 0 bridgehead atoms. The van der Waals surface area contributed by atoms with Gasteiger partial charge in [-0.25, -0.2) is 0 Å². The number of aromatic amines is 1. The number of fused-ring (bicyclic) bond motifs is 1. The van der Waals surface area contributed by atoms with Gasteiger partial charge in [0.05, 0.1) is 5.50 Å². The zero-order valence-corrected chi connectivity index (χ0v) is 17.9. The van der Waals surface area contributed by atoms with Gasteiger partial charge in [-0.05, 0) is 24.3 Å². The second-order valence-electron chi connectivity index (χ2n) is 8.85. The fourth-order valence-corrected chi connectivity index (χ4v) is 3.57. The number of rotatable bonds is 11. The summed E-state index contributed by atoms with van der Waals surface area (Å²) in [6.07, 6.45) is 8.99. The summed E-state index contributed by atoms with van der Waals surface area (Å²) >= 11 is 0. The Balaban J connectivity index is 1.78. The van der Waals surface area contributed by atoms with Crippen LogP contribution in [0, 0.1) is 5.41 Å². The third-order valence-corrected chi connectivity index (χ3v) is 5.91. The quantitative estimate of drug-likeness (QED) is 0.437. The summed E-state index contributed by atoms with van der Waals surface area (Å²) < 4.78 is 0. The number of H-pyrrole nitrogens is 1. The molecule has 28 heavy (non-hydrogen) atoms. The van der Waals surface area contributed by atoms with Crippen molar-refractivity contribution in [2.75, 3.05) is 13.6 Å². The minimum atomic E-state index is -1.59. The Bertz CT molecular complexity index is 767. The molecule has 2 N–H and O–H groups in total. The predicted octanol–water partition coefficient (Wildman–Crippen LogP) is 4.72. The molecule has 0 saturated heterocycles. The van der Waals surface area contributed by atoms with Crippen molar-refractivity contribution in [3.05, 3.63) is 36.0 Å². The number of para-hydroxylation sites is 1. The van der Waals surface area contributed by atoms with Gasteiger partial charge in [-0.2, -0.15) is 0 Å². The molecule has 1 atom stereocenters. The monoisotopic (exact) mass is 382 g/mol. The van der Waals surface area contributed by atoms with E-state index in [1.165, 1.54) is 19.3 Å². The van der Waals surface area contributed by atoms with E-state index >= 15 is 0 Å². The zero-order chi connectivity index (χ0) is 20.8. The second kappa shape index (κ2) is 9.64. The molecule has 2 rings (SSSR count). The average molecular weight is 382 g/mol. The minimum Gasteiger partial charge on any atom is -0.393 e. The third kappa shape index (κ3) is 6.13. The Labute approximate surface area is 171 Å². The Hall–Kier alpha value is -1.75. The maximum Gasteiger partial charge on any atom is 0.222 e. The molecular weight excluding hydrogens is 347 g/mol. The predicted molar refractivity (Wildman–Crippen MR) is 117 cm³/mol. The fourth-order valence-electron chi connectivity index (χ4n) is 3.57. The molecule has 1 aromatic heterocycles. The Morgan fingerprint density at radius 1 is 1.18 bits per heavy atom. The topological polar surface area (TPSA) is 56.3 Å². The van der Waals surface area contributed by atoms with E-state index in [1.54, 1.807) is 18.1 Å². The molecule has 1 aromatic carbocycles. The van der Waals surface area contributed by atoms with Crippen LogP contribution in [0.2, 0.25) is 0 Å². The molecule has 0 spiro atoms. The maximum absolute atomic E-state index is 12.4. The van der Waals surface area contributed by atoms with Crippen molar-refractivity contribution in [3.63, 3.8) is 0 Å². The van der Waals surface area contributed by atoms with E-state index in [0.29, 0.717) is 17.4 Å². The van der Waals surface area contributed by atoms with Crippen LogP contribution >= 0.6 is 0 Å². The van der Waals surface area contributed by atoms with Crippen molar-refractivity contribution in [2.24, 2.45) is 5.41 Å². The van der Waals surface area contributed by atoms with Crippen molar-refractivity contribution < 1.29 is 9.90 Å². The van der Waals surface area contributed by atoms with Gasteiger partial charge in [-0.3, -0.25) is 4.79 Å². The van der Waals surface area contributed by atoms with Crippen LogP contribution < -0.4 is 0 Å². The highest BCUT2D eigenvalue weighted by Gasteiger charge is 2.28. The minimum absolute atomic E-state index is 0.0256. The Kier molecular flexibility index (Phi) is 7.76. The fraction of sp³-hybridized carbons (Fsp3) is 0.609. The first-order chi connectivity index (χ1) is 13.2. The van der Waals surface area contributed by atoms with Crippen LogP contribution in [0.4, 0.5) is 0 Å². The molecule has 1 amide bonds. The maximum atomic E-state index is 12.4. The molecule has 4 nitrogen and oxygen atoms in total. The Morgan fingerprint density at radius 2 is 1.86 bits per heavy atom. The summed E-state index contributed by atoms with van der Waals surface area (Å²) in [5, 5.41) is 11.7. The highest BCUT2D eigenvalue weighted by molar-refractivity contribution is 6.16. The largest absolute Gasteiger partial charge is 0.393 e. The molecule has 0 saturated carbocycles. The van der Waals surface area contributed by atoms with Crippen LogP contribution in [0.3, 0.4) is 0 Å². The molecule has 1 unspecified atom stereocenters. The summed E-state index contributed by atoms with van der Waals surface area (Å²) in [6, 6.07) is 7.69. The summed E-state index contributed by atoms with van der Waals surface area (Å²) in [4.78, 5) is 17.1. The van der Waals surface area contributed by atoms with Gasteiger partial charge in [-0.1, -0.05) is 64.7 Å². The second-order valence-corrected chi connectivity index (χ2v) is 8.85. The van der Waals surface area contributed by atoms with E-state index in [2.05, 4.69) is 25.8 Å². The average Bonchev–Trinajstić information content (AvgIpc) is 3.09. The molecule has 0 aliphatic heterocycles. The molecular formula is C23H35BN2O2. The van der Waals surface area contributed by atoms with Crippen LogP contribution in [0.15, 0.2) is 30.5 Å². The number of hydrogen-bond acceptors (Lipinski definition) is 2.